The average Bonchev–Trinajstić information content (AvgIpc) is 2.87. The maximum Gasteiger partial charge on any atom is 0.255 e. The second kappa shape index (κ2) is 7.57. The van der Waals surface area contributed by atoms with Crippen molar-refractivity contribution in [2.24, 2.45) is 0 Å². The van der Waals surface area contributed by atoms with Gasteiger partial charge in [0.25, 0.3) is 5.91 Å². The third kappa shape index (κ3) is 4.53. The fraction of sp³-hybridized carbons (Fsp3) is 0.375. The summed E-state index contributed by atoms with van der Waals surface area (Å²) < 4.78 is 13.2. The highest BCUT2D eigenvalue weighted by molar-refractivity contribution is 6.33. The molecule has 7 heteroatoms. The average molecular weight is 339 g/mol. The summed E-state index contributed by atoms with van der Waals surface area (Å²) in [6, 6.07) is 3.81. The molecule has 0 unspecified atom stereocenters. The molecule has 23 heavy (non-hydrogen) atoms. The van der Waals surface area contributed by atoms with E-state index in [1.165, 1.54) is 12.1 Å². The first kappa shape index (κ1) is 17.4. The van der Waals surface area contributed by atoms with Crippen LogP contribution in [0.5, 0.6) is 0 Å². The van der Waals surface area contributed by atoms with Gasteiger partial charge in [0.15, 0.2) is 0 Å². The molecule has 1 aromatic heterocycles. The Kier molecular flexibility index (Phi) is 5.74. The van der Waals surface area contributed by atoms with Gasteiger partial charge in [0.2, 0.25) is 0 Å². The zero-order chi connectivity index (χ0) is 17.0. The van der Waals surface area contributed by atoms with Gasteiger partial charge in [-0.3, -0.25) is 4.79 Å². The van der Waals surface area contributed by atoms with E-state index in [-0.39, 0.29) is 10.9 Å². The molecule has 0 aliphatic rings. The van der Waals surface area contributed by atoms with Crippen LogP contribution in [-0.4, -0.2) is 52.9 Å². The van der Waals surface area contributed by atoms with Gasteiger partial charge in [0, 0.05) is 18.8 Å². The van der Waals surface area contributed by atoms with Crippen molar-refractivity contribution in [3.8, 4) is 0 Å². The summed E-state index contributed by atoms with van der Waals surface area (Å²) in [6.45, 7) is 3.50. The first-order valence-electron chi connectivity index (χ1n) is 7.26. The lowest BCUT2D eigenvalue weighted by atomic mass is 10.1. The molecule has 0 radical (unpaired) electrons. The van der Waals surface area contributed by atoms with Crippen LogP contribution in [0.1, 0.15) is 21.7 Å². The predicted octanol–water partition coefficient (Wildman–Crippen LogP) is 2.71. The summed E-state index contributed by atoms with van der Waals surface area (Å²) in [5.41, 5.74) is 2.01. The van der Waals surface area contributed by atoms with Gasteiger partial charge in [-0.15, -0.1) is 0 Å². The number of amides is 1. The number of likely N-dealkylation sites (N-methyl/N-ethyl adjacent to an activating group) is 1. The number of aryl methyl sites for hydroxylation is 1. The van der Waals surface area contributed by atoms with Gasteiger partial charge in [-0.2, -0.15) is 0 Å². The number of rotatable bonds is 6. The molecule has 1 aromatic carbocycles. The Bertz CT molecular complexity index is 686. The minimum atomic E-state index is -0.463. The molecule has 1 heterocycles. The highest BCUT2D eigenvalue weighted by atomic mass is 35.5. The van der Waals surface area contributed by atoms with E-state index < -0.39 is 5.82 Å². The minimum Gasteiger partial charge on any atom is -0.348 e. The molecule has 0 fully saturated rings. The Labute approximate surface area is 140 Å². The molecular weight excluding hydrogens is 319 g/mol. The molecule has 0 atom stereocenters. The number of carbonyl (C=O) groups excluding carboxylic acids is 1. The highest BCUT2D eigenvalue weighted by Crippen LogP contribution is 2.20. The zero-order valence-electron chi connectivity index (χ0n) is 13.4. The van der Waals surface area contributed by atoms with Gasteiger partial charge in [-0.1, -0.05) is 11.6 Å². The van der Waals surface area contributed by atoms with Crippen LogP contribution in [0.15, 0.2) is 24.5 Å². The van der Waals surface area contributed by atoms with E-state index in [2.05, 4.69) is 9.97 Å². The molecule has 0 aliphatic heterocycles. The van der Waals surface area contributed by atoms with Crippen LogP contribution in [-0.2, 0) is 6.54 Å². The number of nitrogens with one attached hydrogen (secondary N) is 1. The maximum atomic E-state index is 13.2. The summed E-state index contributed by atoms with van der Waals surface area (Å²) >= 11 is 6.02. The SMILES string of the molecule is Cc1[nH]cnc1CN(CCN(C)C)C(=O)c1ccc(F)cc1Cl. The lowest BCUT2D eigenvalue weighted by molar-refractivity contribution is 0.0730. The molecule has 0 spiro atoms. The maximum absolute atomic E-state index is 13.2. The molecule has 1 N–H and O–H groups in total. The smallest absolute Gasteiger partial charge is 0.255 e. The Balaban J connectivity index is 2.24. The number of hydrogen-bond acceptors (Lipinski definition) is 3. The van der Waals surface area contributed by atoms with Crippen LogP contribution in [0.3, 0.4) is 0 Å². The summed E-state index contributed by atoms with van der Waals surface area (Å²) in [7, 11) is 3.88. The van der Waals surface area contributed by atoms with Crippen LogP contribution in [0.4, 0.5) is 4.39 Å². The van der Waals surface area contributed by atoms with Crippen molar-refractivity contribution in [3.05, 3.63) is 52.3 Å². The number of aromatic amines is 1. The lowest BCUT2D eigenvalue weighted by Gasteiger charge is -2.24. The fourth-order valence-electron chi connectivity index (χ4n) is 2.13. The number of H-pyrrole nitrogens is 1. The summed E-state index contributed by atoms with van der Waals surface area (Å²) in [5, 5.41) is 0.114. The lowest BCUT2D eigenvalue weighted by Crippen LogP contribution is -2.36. The van der Waals surface area contributed by atoms with E-state index in [0.717, 1.165) is 17.5 Å². The number of carbonyl (C=O) groups is 1. The highest BCUT2D eigenvalue weighted by Gasteiger charge is 2.20. The van der Waals surface area contributed by atoms with Gasteiger partial charge in [-0.05, 0) is 39.2 Å². The molecule has 0 bridgehead atoms. The number of benzene rings is 1. The summed E-state index contributed by atoms with van der Waals surface area (Å²) in [6.07, 6.45) is 1.60. The molecule has 124 valence electrons. The summed E-state index contributed by atoms with van der Waals surface area (Å²) in [4.78, 5) is 23.7. The van der Waals surface area contributed by atoms with Crippen LogP contribution in [0.25, 0.3) is 0 Å². The standard InChI is InChI=1S/C16H20ClFN4O/c1-11-15(20-10-19-11)9-22(7-6-21(2)3)16(23)13-5-4-12(18)8-14(13)17/h4-5,8,10H,6-7,9H2,1-3H3,(H,19,20). The zero-order valence-corrected chi connectivity index (χ0v) is 14.2. The first-order valence-corrected chi connectivity index (χ1v) is 7.64. The van der Waals surface area contributed by atoms with E-state index in [0.29, 0.717) is 25.2 Å². The quantitative estimate of drug-likeness (QED) is 0.881. The van der Waals surface area contributed by atoms with Gasteiger partial charge in [-0.25, -0.2) is 9.37 Å². The van der Waals surface area contributed by atoms with Gasteiger partial charge in [0.1, 0.15) is 5.82 Å². The van der Waals surface area contributed by atoms with Crippen molar-refractivity contribution < 1.29 is 9.18 Å². The fourth-order valence-corrected chi connectivity index (χ4v) is 2.38. The number of nitrogens with zero attached hydrogens (tertiary/aromatic N) is 3. The second-order valence-electron chi connectivity index (χ2n) is 5.63. The van der Waals surface area contributed by atoms with Crippen molar-refractivity contribution >= 4 is 17.5 Å². The predicted molar refractivity (Wildman–Crippen MR) is 88.0 cm³/mol. The first-order chi connectivity index (χ1) is 10.9. The van der Waals surface area contributed by atoms with E-state index in [4.69, 9.17) is 11.6 Å². The number of halogens is 2. The van der Waals surface area contributed by atoms with Gasteiger partial charge >= 0.3 is 0 Å². The van der Waals surface area contributed by atoms with Crippen molar-refractivity contribution in [2.45, 2.75) is 13.5 Å². The van der Waals surface area contributed by atoms with Crippen molar-refractivity contribution in [3.63, 3.8) is 0 Å². The van der Waals surface area contributed by atoms with Crippen molar-refractivity contribution in [2.75, 3.05) is 27.2 Å². The van der Waals surface area contributed by atoms with Crippen LogP contribution in [0.2, 0.25) is 5.02 Å². The monoisotopic (exact) mass is 338 g/mol. The van der Waals surface area contributed by atoms with Crippen molar-refractivity contribution in [1.82, 2.24) is 19.8 Å². The van der Waals surface area contributed by atoms with E-state index in [9.17, 15) is 9.18 Å². The second-order valence-corrected chi connectivity index (χ2v) is 6.04. The largest absolute Gasteiger partial charge is 0.348 e. The molecule has 0 saturated carbocycles. The van der Waals surface area contributed by atoms with Gasteiger partial charge < -0.3 is 14.8 Å². The Morgan fingerprint density at radius 3 is 2.65 bits per heavy atom. The molecule has 2 rings (SSSR count). The Morgan fingerprint density at radius 1 is 1.35 bits per heavy atom. The molecule has 5 nitrogen and oxygen atoms in total. The van der Waals surface area contributed by atoms with Crippen molar-refractivity contribution in [1.29, 1.82) is 0 Å². The molecule has 0 saturated heterocycles. The van der Waals surface area contributed by atoms with Crippen LogP contribution < -0.4 is 0 Å². The number of aromatic nitrogens is 2. The van der Waals surface area contributed by atoms with Gasteiger partial charge in [0.05, 0.1) is 29.2 Å². The Morgan fingerprint density at radius 2 is 2.09 bits per heavy atom. The van der Waals surface area contributed by atoms with E-state index in [1.54, 1.807) is 11.2 Å². The van der Waals surface area contributed by atoms with Crippen LogP contribution >= 0.6 is 11.6 Å². The Hall–Kier alpha value is -1.92. The molecular formula is C16H20ClFN4O. The van der Waals surface area contributed by atoms with E-state index >= 15 is 0 Å². The third-order valence-corrected chi connectivity index (χ3v) is 3.85. The normalized spacial score (nSPS) is 11.0. The molecule has 1 amide bonds. The minimum absolute atomic E-state index is 0.114. The molecule has 2 aromatic rings. The third-order valence-electron chi connectivity index (χ3n) is 3.54. The van der Waals surface area contributed by atoms with E-state index in [1.807, 2.05) is 25.9 Å². The summed E-state index contributed by atoms with van der Waals surface area (Å²) in [5.74, 6) is -0.700. The molecule has 0 aliphatic carbocycles. The number of hydrogen-bond donors (Lipinski definition) is 1. The topological polar surface area (TPSA) is 52.2 Å². The van der Waals surface area contributed by atoms with Crippen LogP contribution in [0, 0.1) is 12.7 Å². The number of imidazole rings is 1.